The van der Waals surface area contributed by atoms with Crippen molar-refractivity contribution in [1.82, 2.24) is 9.97 Å². The summed E-state index contributed by atoms with van der Waals surface area (Å²) in [6, 6.07) is 11.6. The van der Waals surface area contributed by atoms with Crippen LogP contribution in [0.5, 0.6) is 0 Å². The van der Waals surface area contributed by atoms with E-state index in [2.05, 4.69) is 35.2 Å². The Hall–Kier alpha value is -1.91. The van der Waals surface area contributed by atoms with E-state index in [4.69, 9.17) is 11.6 Å². The minimum atomic E-state index is 0.545. The number of benzene rings is 1. The highest BCUT2D eigenvalue weighted by Crippen LogP contribution is 2.30. The van der Waals surface area contributed by atoms with Gasteiger partial charge >= 0.3 is 0 Å². The van der Waals surface area contributed by atoms with Crippen LogP contribution in [0, 0.1) is 13.8 Å². The Morgan fingerprint density at radius 2 is 1.95 bits per heavy atom. The number of anilines is 2. The Morgan fingerprint density at radius 3 is 2.67 bits per heavy atom. The second-order valence-electron chi connectivity index (χ2n) is 4.70. The fraction of sp³-hybridized carbons (Fsp3) is 0.125. The number of nitrogens with one attached hydrogen (secondary N) is 1. The fourth-order valence-corrected chi connectivity index (χ4v) is 3.25. The molecule has 0 bridgehead atoms. The van der Waals surface area contributed by atoms with E-state index in [-0.39, 0.29) is 0 Å². The standard InChI is InChI=1S/C16H14ClN3S/c1-10-9-12(11(2)21-10)14-7-8-18-16(19-14)20-15-6-4-3-5-13(15)17/h3-9H,1-2H3,(H,18,19,20). The Morgan fingerprint density at radius 1 is 1.14 bits per heavy atom. The van der Waals surface area contributed by atoms with Crippen molar-refractivity contribution < 1.29 is 0 Å². The largest absolute Gasteiger partial charge is 0.323 e. The van der Waals surface area contributed by atoms with Gasteiger partial charge in [-0.3, -0.25) is 0 Å². The molecular weight excluding hydrogens is 302 g/mol. The molecule has 0 aliphatic carbocycles. The number of hydrogen-bond acceptors (Lipinski definition) is 4. The first kappa shape index (κ1) is 14.0. The maximum atomic E-state index is 6.14. The van der Waals surface area contributed by atoms with E-state index in [1.165, 1.54) is 9.75 Å². The monoisotopic (exact) mass is 315 g/mol. The summed E-state index contributed by atoms with van der Waals surface area (Å²) < 4.78 is 0. The highest BCUT2D eigenvalue weighted by molar-refractivity contribution is 7.12. The number of aryl methyl sites for hydroxylation is 2. The van der Waals surface area contributed by atoms with Gasteiger partial charge in [-0.1, -0.05) is 23.7 Å². The third kappa shape index (κ3) is 3.06. The molecule has 0 aliphatic rings. The summed E-state index contributed by atoms with van der Waals surface area (Å²) in [6.45, 7) is 4.21. The Labute approximate surface area is 132 Å². The molecule has 0 saturated heterocycles. The maximum absolute atomic E-state index is 6.14. The van der Waals surface area contributed by atoms with Crippen LogP contribution in [-0.4, -0.2) is 9.97 Å². The van der Waals surface area contributed by atoms with Crippen LogP contribution >= 0.6 is 22.9 Å². The summed E-state index contributed by atoms with van der Waals surface area (Å²) in [6.07, 6.45) is 1.76. The van der Waals surface area contributed by atoms with Gasteiger partial charge in [0.15, 0.2) is 0 Å². The van der Waals surface area contributed by atoms with Crippen molar-refractivity contribution in [2.75, 3.05) is 5.32 Å². The number of aromatic nitrogens is 2. The molecule has 21 heavy (non-hydrogen) atoms. The van der Waals surface area contributed by atoms with Gasteiger partial charge in [0.2, 0.25) is 5.95 Å². The minimum absolute atomic E-state index is 0.545. The van der Waals surface area contributed by atoms with E-state index < -0.39 is 0 Å². The zero-order valence-corrected chi connectivity index (χ0v) is 13.3. The predicted molar refractivity (Wildman–Crippen MR) is 89.6 cm³/mol. The second kappa shape index (κ2) is 5.84. The molecule has 0 unspecified atom stereocenters. The highest BCUT2D eigenvalue weighted by Gasteiger charge is 2.09. The van der Waals surface area contributed by atoms with E-state index in [9.17, 15) is 0 Å². The lowest BCUT2D eigenvalue weighted by molar-refractivity contribution is 1.17. The van der Waals surface area contributed by atoms with E-state index in [0.29, 0.717) is 11.0 Å². The van der Waals surface area contributed by atoms with Gasteiger partial charge in [-0.05, 0) is 38.1 Å². The topological polar surface area (TPSA) is 37.8 Å². The first-order chi connectivity index (χ1) is 10.1. The summed E-state index contributed by atoms with van der Waals surface area (Å²) in [7, 11) is 0. The van der Waals surface area contributed by atoms with E-state index >= 15 is 0 Å². The number of para-hydroxylation sites is 1. The molecule has 2 aromatic heterocycles. The lowest BCUT2D eigenvalue weighted by atomic mass is 10.2. The first-order valence-electron chi connectivity index (χ1n) is 6.55. The molecule has 3 rings (SSSR count). The van der Waals surface area contributed by atoms with Crippen molar-refractivity contribution >= 4 is 34.6 Å². The van der Waals surface area contributed by atoms with Crippen LogP contribution in [0.3, 0.4) is 0 Å². The van der Waals surface area contributed by atoms with Gasteiger partial charge < -0.3 is 5.32 Å². The molecule has 1 aromatic carbocycles. The van der Waals surface area contributed by atoms with Gasteiger partial charge in [-0.2, -0.15) is 0 Å². The zero-order valence-electron chi connectivity index (χ0n) is 11.7. The van der Waals surface area contributed by atoms with Crippen LogP contribution in [0.1, 0.15) is 9.75 Å². The van der Waals surface area contributed by atoms with Crippen LogP contribution in [-0.2, 0) is 0 Å². The molecule has 0 fully saturated rings. The zero-order chi connectivity index (χ0) is 14.8. The second-order valence-corrected chi connectivity index (χ2v) is 6.56. The number of halogens is 1. The molecule has 1 N–H and O–H groups in total. The molecule has 0 aliphatic heterocycles. The van der Waals surface area contributed by atoms with Gasteiger partial charge in [-0.15, -0.1) is 11.3 Å². The SMILES string of the molecule is Cc1cc(-c2ccnc(Nc3ccccc3Cl)n2)c(C)s1. The lowest BCUT2D eigenvalue weighted by Gasteiger charge is -2.07. The minimum Gasteiger partial charge on any atom is -0.323 e. The van der Waals surface area contributed by atoms with Crippen molar-refractivity contribution in [3.8, 4) is 11.3 Å². The van der Waals surface area contributed by atoms with E-state index in [1.807, 2.05) is 30.3 Å². The third-order valence-electron chi connectivity index (χ3n) is 3.09. The number of hydrogen-bond donors (Lipinski definition) is 1. The molecule has 3 aromatic rings. The van der Waals surface area contributed by atoms with Crippen LogP contribution in [0.2, 0.25) is 5.02 Å². The average Bonchev–Trinajstić information content (AvgIpc) is 2.81. The molecule has 5 heteroatoms. The summed E-state index contributed by atoms with van der Waals surface area (Å²) in [5.41, 5.74) is 2.87. The van der Waals surface area contributed by atoms with Crippen molar-refractivity contribution in [3.05, 3.63) is 57.4 Å². The van der Waals surface area contributed by atoms with Crippen LogP contribution in [0.25, 0.3) is 11.3 Å². The molecule has 106 valence electrons. The van der Waals surface area contributed by atoms with Gasteiger partial charge in [0, 0.05) is 21.5 Å². The molecule has 0 spiro atoms. The molecular formula is C16H14ClN3S. The fourth-order valence-electron chi connectivity index (χ4n) is 2.14. The van der Waals surface area contributed by atoms with Crippen LogP contribution in [0.4, 0.5) is 11.6 Å². The van der Waals surface area contributed by atoms with Gasteiger partial charge in [0.1, 0.15) is 0 Å². The Balaban J connectivity index is 1.94. The van der Waals surface area contributed by atoms with Crippen LogP contribution in [0.15, 0.2) is 42.6 Å². The summed E-state index contributed by atoms with van der Waals surface area (Å²) in [4.78, 5) is 11.4. The molecule has 0 atom stereocenters. The molecule has 2 heterocycles. The van der Waals surface area contributed by atoms with Crippen molar-refractivity contribution in [2.45, 2.75) is 13.8 Å². The summed E-state index contributed by atoms with van der Waals surface area (Å²) >= 11 is 7.92. The van der Waals surface area contributed by atoms with Gasteiger partial charge in [-0.25, -0.2) is 9.97 Å². The number of thiophene rings is 1. The maximum Gasteiger partial charge on any atom is 0.227 e. The van der Waals surface area contributed by atoms with E-state index in [1.54, 1.807) is 17.5 Å². The molecule has 0 radical (unpaired) electrons. The summed E-state index contributed by atoms with van der Waals surface area (Å²) in [5.74, 6) is 0.545. The number of rotatable bonds is 3. The normalized spacial score (nSPS) is 10.6. The summed E-state index contributed by atoms with van der Waals surface area (Å²) in [5, 5.41) is 3.81. The van der Waals surface area contributed by atoms with Crippen molar-refractivity contribution in [1.29, 1.82) is 0 Å². The average molecular weight is 316 g/mol. The molecule has 0 amide bonds. The third-order valence-corrected chi connectivity index (χ3v) is 4.39. The Bertz CT molecular complexity index is 783. The van der Waals surface area contributed by atoms with Gasteiger partial charge in [0.05, 0.1) is 16.4 Å². The lowest BCUT2D eigenvalue weighted by Crippen LogP contribution is -1.98. The molecule has 3 nitrogen and oxygen atoms in total. The molecule has 0 saturated carbocycles. The quantitative estimate of drug-likeness (QED) is 0.720. The Kier molecular flexibility index (Phi) is 3.90. The van der Waals surface area contributed by atoms with E-state index in [0.717, 1.165) is 16.9 Å². The first-order valence-corrected chi connectivity index (χ1v) is 7.75. The van der Waals surface area contributed by atoms with Crippen molar-refractivity contribution in [2.24, 2.45) is 0 Å². The smallest absolute Gasteiger partial charge is 0.227 e. The van der Waals surface area contributed by atoms with Crippen molar-refractivity contribution in [3.63, 3.8) is 0 Å². The highest BCUT2D eigenvalue weighted by atomic mass is 35.5. The predicted octanol–water partition coefficient (Wildman–Crippen LogP) is 5.22. The van der Waals surface area contributed by atoms with Gasteiger partial charge in [0.25, 0.3) is 0 Å². The van der Waals surface area contributed by atoms with Crippen LogP contribution < -0.4 is 5.32 Å². The number of nitrogens with zero attached hydrogens (tertiary/aromatic N) is 2.